The number of nitrogens with one attached hydrogen (secondary N) is 3. The zero-order chi connectivity index (χ0) is 21.4. The van der Waals surface area contributed by atoms with Crippen molar-refractivity contribution in [3.63, 3.8) is 0 Å². The van der Waals surface area contributed by atoms with E-state index in [-0.39, 0.29) is 29.5 Å². The molecule has 1 saturated carbocycles. The molecule has 0 unspecified atom stereocenters. The summed E-state index contributed by atoms with van der Waals surface area (Å²) in [5.41, 5.74) is 2.36. The first-order chi connectivity index (χ1) is 15.3. The Hall–Kier alpha value is -1.39. The van der Waals surface area contributed by atoms with Crippen molar-refractivity contribution in [3.8, 4) is 0 Å². The fourth-order valence-corrected chi connectivity index (χ4v) is 4.98. The number of benzene rings is 1. The quantitative estimate of drug-likeness (QED) is 0.201. The number of ether oxygens (including phenoxy) is 1. The van der Waals surface area contributed by atoms with Crippen LogP contribution >= 0.6 is 24.0 Å². The van der Waals surface area contributed by atoms with Crippen LogP contribution in [0.5, 0.6) is 0 Å². The van der Waals surface area contributed by atoms with Gasteiger partial charge in [0.15, 0.2) is 5.96 Å². The smallest absolute Gasteiger partial charge is 0.191 e. The highest BCUT2D eigenvalue weighted by Crippen LogP contribution is 2.34. The number of hydrogen-bond acceptors (Lipinski definition) is 4. The number of imidazole rings is 1. The van der Waals surface area contributed by atoms with Crippen molar-refractivity contribution in [2.45, 2.75) is 57.4 Å². The molecule has 0 amide bonds. The standard InChI is InChI=1S/C24H38N6O.HI/c1-2-25-23(26-14-8-11-22-28-20-9-4-5-10-21(20)29-22)27-19-24(12-6-3-7-13-24)30-15-17-31-18-16-30;/h4-5,9-10H,2-3,6-8,11-19H2,1H3,(H,28,29)(H2,25,26,27);1H. The molecule has 1 aliphatic carbocycles. The monoisotopic (exact) mass is 554 g/mol. The van der Waals surface area contributed by atoms with Gasteiger partial charge in [-0.2, -0.15) is 0 Å². The topological polar surface area (TPSA) is 77.6 Å². The van der Waals surface area contributed by atoms with Gasteiger partial charge in [0.2, 0.25) is 0 Å². The summed E-state index contributed by atoms with van der Waals surface area (Å²) in [7, 11) is 0. The van der Waals surface area contributed by atoms with Crippen LogP contribution < -0.4 is 10.6 Å². The third kappa shape index (κ3) is 6.57. The fraction of sp³-hybridized carbons (Fsp3) is 0.667. The Balaban J connectivity index is 0.00000289. The number of halogens is 1. The predicted molar refractivity (Wildman–Crippen MR) is 142 cm³/mol. The minimum atomic E-state index is 0. The number of aryl methyl sites for hydroxylation is 1. The summed E-state index contributed by atoms with van der Waals surface area (Å²) < 4.78 is 5.61. The van der Waals surface area contributed by atoms with Crippen molar-refractivity contribution in [3.05, 3.63) is 30.1 Å². The van der Waals surface area contributed by atoms with Gasteiger partial charge in [0, 0.05) is 38.1 Å². The van der Waals surface area contributed by atoms with Gasteiger partial charge in [0.25, 0.3) is 0 Å². The summed E-state index contributed by atoms with van der Waals surface area (Å²) in [5.74, 6) is 1.99. The van der Waals surface area contributed by atoms with Crippen LogP contribution in [0.25, 0.3) is 11.0 Å². The number of fused-ring (bicyclic) bond motifs is 1. The van der Waals surface area contributed by atoms with Gasteiger partial charge >= 0.3 is 0 Å². The maximum absolute atomic E-state index is 5.61. The van der Waals surface area contributed by atoms with Gasteiger partial charge in [-0.25, -0.2) is 4.98 Å². The molecule has 1 aromatic heterocycles. The third-order valence-corrected chi connectivity index (χ3v) is 6.66. The Morgan fingerprint density at radius 1 is 1.16 bits per heavy atom. The fourth-order valence-electron chi connectivity index (χ4n) is 4.98. The summed E-state index contributed by atoms with van der Waals surface area (Å²) in [5, 5.41) is 6.97. The zero-order valence-electron chi connectivity index (χ0n) is 19.4. The van der Waals surface area contributed by atoms with Crippen molar-refractivity contribution in [2.75, 3.05) is 45.9 Å². The number of rotatable bonds is 8. The molecule has 8 heteroatoms. The van der Waals surface area contributed by atoms with Crippen molar-refractivity contribution in [1.29, 1.82) is 0 Å². The molecule has 1 aromatic carbocycles. The number of guanidine groups is 1. The van der Waals surface area contributed by atoms with E-state index < -0.39 is 0 Å². The average Bonchev–Trinajstić information content (AvgIpc) is 3.24. The van der Waals surface area contributed by atoms with Crippen molar-refractivity contribution >= 4 is 41.0 Å². The summed E-state index contributed by atoms with van der Waals surface area (Å²) in [6.45, 7) is 8.54. The maximum atomic E-state index is 5.61. The second-order valence-corrected chi connectivity index (χ2v) is 8.81. The highest BCUT2D eigenvalue weighted by atomic mass is 127. The van der Waals surface area contributed by atoms with E-state index in [1.54, 1.807) is 0 Å². The lowest BCUT2D eigenvalue weighted by atomic mass is 9.80. The molecular formula is C24H39IN6O. The van der Waals surface area contributed by atoms with E-state index in [2.05, 4.69) is 44.6 Å². The molecule has 1 aliphatic heterocycles. The number of para-hydroxylation sites is 2. The van der Waals surface area contributed by atoms with Crippen LogP contribution in [0.1, 0.15) is 51.3 Å². The minimum absolute atomic E-state index is 0. The molecule has 3 N–H and O–H groups in total. The molecule has 2 heterocycles. The lowest BCUT2D eigenvalue weighted by Gasteiger charge is -2.47. The summed E-state index contributed by atoms with van der Waals surface area (Å²) in [4.78, 5) is 15.8. The van der Waals surface area contributed by atoms with E-state index in [1.165, 1.54) is 32.1 Å². The number of aromatic nitrogens is 2. The Labute approximate surface area is 209 Å². The normalized spacial score (nSPS) is 19.5. The van der Waals surface area contributed by atoms with Crippen LogP contribution in [0.4, 0.5) is 0 Å². The van der Waals surface area contributed by atoms with Gasteiger partial charge in [-0.3, -0.25) is 9.89 Å². The van der Waals surface area contributed by atoms with Crippen LogP contribution in [0, 0.1) is 0 Å². The van der Waals surface area contributed by atoms with Crippen LogP contribution in [0.3, 0.4) is 0 Å². The van der Waals surface area contributed by atoms with Gasteiger partial charge in [-0.15, -0.1) is 24.0 Å². The largest absolute Gasteiger partial charge is 0.379 e. The number of morpholine rings is 1. The maximum Gasteiger partial charge on any atom is 0.191 e. The Bertz CT molecular complexity index is 809. The molecule has 32 heavy (non-hydrogen) atoms. The van der Waals surface area contributed by atoms with E-state index >= 15 is 0 Å². The molecule has 0 radical (unpaired) electrons. The van der Waals surface area contributed by atoms with Crippen LogP contribution in [0.2, 0.25) is 0 Å². The summed E-state index contributed by atoms with van der Waals surface area (Å²) in [6, 6.07) is 8.21. The van der Waals surface area contributed by atoms with Gasteiger partial charge in [0.05, 0.1) is 30.8 Å². The predicted octanol–water partition coefficient (Wildman–Crippen LogP) is 3.70. The van der Waals surface area contributed by atoms with Crippen LogP contribution in [-0.4, -0.2) is 72.3 Å². The third-order valence-electron chi connectivity index (χ3n) is 6.66. The Morgan fingerprint density at radius 3 is 2.69 bits per heavy atom. The molecule has 178 valence electrons. The molecule has 2 aromatic rings. The lowest BCUT2D eigenvalue weighted by Crippen LogP contribution is -2.56. The minimum Gasteiger partial charge on any atom is -0.379 e. The van der Waals surface area contributed by atoms with Crippen LogP contribution in [0.15, 0.2) is 29.3 Å². The molecule has 2 aliphatic rings. The van der Waals surface area contributed by atoms with Crippen LogP contribution in [-0.2, 0) is 11.2 Å². The Morgan fingerprint density at radius 2 is 1.94 bits per heavy atom. The van der Waals surface area contributed by atoms with E-state index in [1.807, 2.05) is 12.1 Å². The molecular weight excluding hydrogens is 515 g/mol. The SMILES string of the molecule is CCNC(=NCC1(N2CCOCC2)CCCCC1)NCCCc1nc2ccccc2[nH]1.I. The molecule has 2 fully saturated rings. The zero-order valence-corrected chi connectivity index (χ0v) is 21.7. The number of nitrogens with zero attached hydrogens (tertiary/aromatic N) is 3. The first-order valence-electron chi connectivity index (χ1n) is 12.1. The highest BCUT2D eigenvalue weighted by molar-refractivity contribution is 14.0. The number of aromatic amines is 1. The number of aliphatic imine (C=N–C) groups is 1. The van der Waals surface area contributed by atoms with Gasteiger partial charge in [-0.1, -0.05) is 31.4 Å². The molecule has 0 bridgehead atoms. The highest BCUT2D eigenvalue weighted by Gasteiger charge is 2.38. The average molecular weight is 555 g/mol. The van der Waals surface area contributed by atoms with E-state index in [0.29, 0.717) is 0 Å². The summed E-state index contributed by atoms with van der Waals surface area (Å²) in [6.07, 6.45) is 8.43. The molecule has 0 atom stereocenters. The lowest BCUT2D eigenvalue weighted by molar-refractivity contribution is -0.0333. The van der Waals surface area contributed by atoms with Crippen molar-refractivity contribution in [1.82, 2.24) is 25.5 Å². The van der Waals surface area contributed by atoms with E-state index in [0.717, 1.165) is 81.6 Å². The number of hydrogen-bond donors (Lipinski definition) is 3. The molecule has 4 rings (SSSR count). The molecule has 0 spiro atoms. The molecule has 7 nitrogen and oxygen atoms in total. The van der Waals surface area contributed by atoms with E-state index in [9.17, 15) is 0 Å². The Kier molecular flexibility index (Phi) is 10.1. The van der Waals surface area contributed by atoms with Gasteiger partial charge in [-0.05, 0) is 38.3 Å². The number of H-pyrrole nitrogens is 1. The molecule has 1 saturated heterocycles. The van der Waals surface area contributed by atoms with Crippen molar-refractivity contribution < 1.29 is 4.74 Å². The van der Waals surface area contributed by atoms with Crippen molar-refractivity contribution in [2.24, 2.45) is 4.99 Å². The second-order valence-electron chi connectivity index (χ2n) is 8.81. The first-order valence-corrected chi connectivity index (χ1v) is 12.1. The first kappa shape index (κ1) is 25.2. The second kappa shape index (κ2) is 12.7. The van der Waals surface area contributed by atoms with E-state index in [4.69, 9.17) is 9.73 Å². The summed E-state index contributed by atoms with van der Waals surface area (Å²) >= 11 is 0. The van der Waals surface area contributed by atoms with Gasteiger partial charge < -0.3 is 20.4 Å². The van der Waals surface area contributed by atoms with Gasteiger partial charge in [0.1, 0.15) is 5.82 Å².